The van der Waals surface area contributed by atoms with Crippen LogP contribution < -0.4 is 15.4 Å². The standard InChI is InChI=1S/C18H21N3O4S/c1-12-7-8-16(9-13(12)2)21(26(3,24)25)11-17(22)20-15-6-4-5-14(10-15)18(19)23/h4-10H,11H2,1-3H3,(H2,19,23)(H,20,22). The number of nitrogens with zero attached hydrogens (tertiary/aromatic N) is 1. The van der Waals surface area contributed by atoms with Crippen molar-refractivity contribution in [3.8, 4) is 0 Å². The van der Waals surface area contributed by atoms with Gasteiger partial charge in [0.1, 0.15) is 6.54 Å². The smallest absolute Gasteiger partial charge is 0.248 e. The maximum Gasteiger partial charge on any atom is 0.248 e. The summed E-state index contributed by atoms with van der Waals surface area (Å²) in [5.41, 5.74) is 8.18. The first-order valence-electron chi connectivity index (χ1n) is 7.82. The highest BCUT2D eigenvalue weighted by atomic mass is 32.2. The van der Waals surface area contributed by atoms with Gasteiger partial charge >= 0.3 is 0 Å². The number of anilines is 2. The Bertz CT molecular complexity index is 955. The molecule has 138 valence electrons. The molecule has 0 atom stereocenters. The molecule has 0 heterocycles. The van der Waals surface area contributed by atoms with Crippen molar-refractivity contribution in [3.05, 3.63) is 59.2 Å². The Labute approximate surface area is 152 Å². The van der Waals surface area contributed by atoms with Crippen LogP contribution in [0.5, 0.6) is 0 Å². The van der Waals surface area contributed by atoms with E-state index >= 15 is 0 Å². The number of primary amides is 1. The molecular weight excluding hydrogens is 354 g/mol. The minimum atomic E-state index is -3.66. The molecule has 0 aliphatic heterocycles. The van der Waals surface area contributed by atoms with E-state index in [2.05, 4.69) is 5.32 Å². The van der Waals surface area contributed by atoms with E-state index in [9.17, 15) is 18.0 Å². The van der Waals surface area contributed by atoms with Gasteiger partial charge < -0.3 is 11.1 Å². The lowest BCUT2D eigenvalue weighted by atomic mass is 10.1. The Hall–Kier alpha value is -2.87. The lowest BCUT2D eigenvalue weighted by Crippen LogP contribution is -2.37. The molecule has 0 saturated carbocycles. The molecule has 3 N–H and O–H groups in total. The van der Waals surface area contributed by atoms with E-state index in [1.165, 1.54) is 12.1 Å². The summed E-state index contributed by atoms with van der Waals surface area (Å²) in [7, 11) is -3.66. The van der Waals surface area contributed by atoms with Crippen molar-refractivity contribution in [2.24, 2.45) is 5.73 Å². The maximum absolute atomic E-state index is 12.3. The highest BCUT2D eigenvalue weighted by molar-refractivity contribution is 7.92. The van der Waals surface area contributed by atoms with Crippen molar-refractivity contribution in [2.75, 3.05) is 22.4 Å². The van der Waals surface area contributed by atoms with Gasteiger partial charge in [0, 0.05) is 11.3 Å². The lowest BCUT2D eigenvalue weighted by Gasteiger charge is -2.22. The predicted octanol–water partition coefficient (Wildman–Crippen LogP) is 1.81. The van der Waals surface area contributed by atoms with Crippen LogP contribution in [0.2, 0.25) is 0 Å². The van der Waals surface area contributed by atoms with Crippen molar-refractivity contribution in [3.63, 3.8) is 0 Å². The summed E-state index contributed by atoms with van der Waals surface area (Å²) in [5, 5.41) is 2.58. The Morgan fingerprint density at radius 3 is 2.35 bits per heavy atom. The van der Waals surface area contributed by atoms with Gasteiger partial charge in [-0.3, -0.25) is 13.9 Å². The zero-order valence-corrected chi connectivity index (χ0v) is 15.6. The molecule has 2 amide bonds. The summed E-state index contributed by atoms with van der Waals surface area (Å²) in [6.07, 6.45) is 1.04. The molecule has 0 aromatic heterocycles. The number of nitrogens with two attached hydrogens (primary N) is 1. The number of nitrogens with one attached hydrogen (secondary N) is 1. The van der Waals surface area contributed by atoms with Gasteiger partial charge in [0.15, 0.2) is 0 Å². The van der Waals surface area contributed by atoms with Crippen LogP contribution in [0.15, 0.2) is 42.5 Å². The van der Waals surface area contributed by atoms with Crippen LogP contribution in [0.4, 0.5) is 11.4 Å². The highest BCUT2D eigenvalue weighted by Gasteiger charge is 2.21. The Morgan fingerprint density at radius 1 is 1.08 bits per heavy atom. The number of rotatable bonds is 6. The van der Waals surface area contributed by atoms with Crippen LogP contribution in [0, 0.1) is 13.8 Å². The van der Waals surface area contributed by atoms with Crippen LogP contribution in [0.3, 0.4) is 0 Å². The van der Waals surface area contributed by atoms with Gasteiger partial charge in [-0.2, -0.15) is 0 Å². The summed E-state index contributed by atoms with van der Waals surface area (Å²) >= 11 is 0. The second kappa shape index (κ2) is 7.57. The number of carbonyl (C=O) groups excluding carboxylic acids is 2. The fraction of sp³-hybridized carbons (Fsp3) is 0.222. The van der Waals surface area contributed by atoms with Gasteiger partial charge in [0.25, 0.3) is 0 Å². The molecule has 0 saturated heterocycles. The van der Waals surface area contributed by atoms with Crippen LogP contribution >= 0.6 is 0 Å². The second-order valence-corrected chi connectivity index (χ2v) is 7.94. The van der Waals surface area contributed by atoms with Crippen molar-refractivity contribution in [2.45, 2.75) is 13.8 Å². The molecule has 0 bridgehead atoms. The average Bonchev–Trinajstić information content (AvgIpc) is 2.54. The van der Waals surface area contributed by atoms with Crippen LogP contribution in [0.1, 0.15) is 21.5 Å². The number of hydrogen-bond acceptors (Lipinski definition) is 4. The summed E-state index contributed by atoms with van der Waals surface area (Å²) < 4.78 is 25.3. The molecule has 0 radical (unpaired) electrons. The van der Waals surface area contributed by atoms with E-state index in [0.29, 0.717) is 11.4 Å². The third-order valence-electron chi connectivity index (χ3n) is 3.90. The number of aryl methyl sites for hydroxylation is 2. The highest BCUT2D eigenvalue weighted by Crippen LogP contribution is 2.21. The van der Waals surface area contributed by atoms with Gasteiger partial charge in [-0.25, -0.2) is 8.42 Å². The van der Waals surface area contributed by atoms with Crippen molar-refractivity contribution >= 4 is 33.2 Å². The van der Waals surface area contributed by atoms with Crippen LogP contribution in [0.25, 0.3) is 0 Å². The van der Waals surface area contributed by atoms with Gasteiger partial charge in [0.2, 0.25) is 21.8 Å². The predicted molar refractivity (Wildman–Crippen MR) is 102 cm³/mol. The number of benzene rings is 2. The molecule has 2 aromatic carbocycles. The molecule has 2 aromatic rings. The molecule has 2 rings (SSSR count). The summed E-state index contributed by atoms with van der Waals surface area (Å²) in [4.78, 5) is 23.6. The second-order valence-electron chi connectivity index (χ2n) is 6.03. The first-order valence-corrected chi connectivity index (χ1v) is 9.67. The minimum absolute atomic E-state index is 0.247. The summed E-state index contributed by atoms with van der Waals surface area (Å²) in [6.45, 7) is 3.40. The first-order chi connectivity index (χ1) is 12.1. The van der Waals surface area contributed by atoms with E-state index in [4.69, 9.17) is 5.73 Å². The molecule has 26 heavy (non-hydrogen) atoms. The first kappa shape index (κ1) is 19.5. The number of carbonyl (C=O) groups is 2. The van der Waals surface area contributed by atoms with Gasteiger partial charge in [-0.1, -0.05) is 12.1 Å². The summed E-state index contributed by atoms with van der Waals surface area (Å²) in [5.74, 6) is -1.15. The van der Waals surface area contributed by atoms with Crippen molar-refractivity contribution in [1.82, 2.24) is 0 Å². The quantitative estimate of drug-likeness (QED) is 0.802. The SMILES string of the molecule is Cc1ccc(N(CC(=O)Nc2cccc(C(N)=O)c2)S(C)(=O)=O)cc1C. The van der Waals surface area contributed by atoms with Crippen molar-refractivity contribution in [1.29, 1.82) is 0 Å². The zero-order valence-electron chi connectivity index (χ0n) is 14.8. The molecule has 8 heteroatoms. The minimum Gasteiger partial charge on any atom is -0.366 e. The molecular formula is C18H21N3O4S. The fourth-order valence-corrected chi connectivity index (χ4v) is 3.21. The molecule has 0 aliphatic carbocycles. The Morgan fingerprint density at radius 2 is 1.77 bits per heavy atom. The normalized spacial score (nSPS) is 11.0. The van der Waals surface area contributed by atoms with E-state index in [1.807, 2.05) is 13.8 Å². The third kappa shape index (κ3) is 4.82. The van der Waals surface area contributed by atoms with Gasteiger partial charge in [-0.05, 0) is 55.3 Å². The Balaban J connectivity index is 2.23. The number of sulfonamides is 1. The number of amides is 2. The van der Waals surface area contributed by atoms with Crippen LogP contribution in [-0.4, -0.2) is 33.0 Å². The van der Waals surface area contributed by atoms with E-state index in [1.54, 1.807) is 30.3 Å². The number of hydrogen-bond donors (Lipinski definition) is 2. The molecule has 0 spiro atoms. The van der Waals surface area contributed by atoms with Crippen LogP contribution in [-0.2, 0) is 14.8 Å². The van der Waals surface area contributed by atoms with E-state index in [0.717, 1.165) is 21.7 Å². The maximum atomic E-state index is 12.3. The lowest BCUT2D eigenvalue weighted by molar-refractivity contribution is -0.114. The largest absolute Gasteiger partial charge is 0.366 e. The van der Waals surface area contributed by atoms with Crippen molar-refractivity contribution < 1.29 is 18.0 Å². The van der Waals surface area contributed by atoms with Gasteiger partial charge in [-0.15, -0.1) is 0 Å². The molecule has 7 nitrogen and oxygen atoms in total. The average molecular weight is 375 g/mol. The topological polar surface area (TPSA) is 110 Å². The third-order valence-corrected chi connectivity index (χ3v) is 5.04. The van der Waals surface area contributed by atoms with E-state index in [-0.39, 0.29) is 12.1 Å². The van der Waals surface area contributed by atoms with E-state index < -0.39 is 21.8 Å². The molecule has 0 unspecified atom stereocenters. The van der Waals surface area contributed by atoms with Gasteiger partial charge in [0.05, 0.1) is 11.9 Å². The zero-order chi connectivity index (χ0) is 19.5. The molecule has 0 fully saturated rings. The monoisotopic (exact) mass is 375 g/mol. The fourth-order valence-electron chi connectivity index (χ4n) is 2.36. The Kier molecular flexibility index (Phi) is 5.66. The molecule has 0 aliphatic rings. The summed E-state index contributed by atoms with van der Waals surface area (Å²) in [6, 6.07) is 11.3.